The van der Waals surface area contributed by atoms with Crippen LogP contribution in [-0.4, -0.2) is 44.3 Å². The van der Waals surface area contributed by atoms with E-state index in [0.717, 1.165) is 26.3 Å². The lowest BCUT2D eigenvalue weighted by Gasteiger charge is -2.32. The second kappa shape index (κ2) is 12.9. The molecule has 2 amide bonds. The molecular formula is C28H32BrN3O4S. The Morgan fingerprint density at radius 1 is 0.946 bits per heavy atom. The van der Waals surface area contributed by atoms with Gasteiger partial charge in [0.05, 0.1) is 10.6 Å². The Bertz CT molecular complexity index is 1300. The fourth-order valence-electron chi connectivity index (χ4n) is 3.72. The number of nitrogens with zero attached hydrogens (tertiary/aromatic N) is 2. The van der Waals surface area contributed by atoms with Gasteiger partial charge >= 0.3 is 0 Å². The van der Waals surface area contributed by atoms with Crippen LogP contribution in [0.15, 0.2) is 88.2 Å². The lowest BCUT2D eigenvalue weighted by molar-refractivity contribution is -0.139. The maximum atomic E-state index is 13.8. The summed E-state index contributed by atoms with van der Waals surface area (Å²) in [6.45, 7) is 5.77. The number of sulfonamides is 1. The lowest BCUT2D eigenvalue weighted by atomic mass is 10.1. The van der Waals surface area contributed by atoms with Crippen LogP contribution in [0.25, 0.3) is 0 Å². The summed E-state index contributed by atoms with van der Waals surface area (Å²) in [5.74, 6) is -0.773. The maximum Gasteiger partial charge on any atom is 0.264 e. The first kappa shape index (κ1) is 28.4. The van der Waals surface area contributed by atoms with E-state index in [1.54, 1.807) is 49.4 Å². The van der Waals surface area contributed by atoms with Crippen LogP contribution < -0.4 is 9.62 Å². The molecule has 1 N–H and O–H groups in total. The second-order valence-electron chi connectivity index (χ2n) is 8.78. The minimum absolute atomic E-state index is 0.0736. The van der Waals surface area contributed by atoms with Crippen molar-refractivity contribution >= 4 is 43.5 Å². The first-order chi connectivity index (χ1) is 17.6. The molecule has 7 nitrogen and oxygen atoms in total. The second-order valence-corrected chi connectivity index (χ2v) is 11.6. The molecular weight excluding hydrogens is 554 g/mol. The quantitative estimate of drug-likeness (QED) is 0.347. The molecule has 196 valence electrons. The maximum absolute atomic E-state index is 13.8. The van der Waals surface area contributed by atoms with Crippen LogP contribution in [0, 0.1) is 6.92 Å². The summed E-state index contributed by atoms with van der Waals surface area (Å²) < 4.78 is 29.2. The standard InChI is InChI=1S/C28H32BrN3O4S/c1-4-18-30-28(34)22(3)31(19-23-12-10-21(2)11-13-23)27(33)20-32(25-16-14-24(29)15-17-25)37(35,36)26-8-6-5-7-9-26/h5-17,22H,4,18-20H2,1-3H3,(H,30,34)/t22-/m0/s1. The van der Waals surface area contributed by atoms with Crippen LogP contribution >= 0.6 is 15.9 Å². The fourth-order valence-corrected chi connectivity index (χ4v) is 5.42. The minimum Gasteiger partial charge on any atom is -0.354 e. The lowest BCUT2D eigenvalue weighted by Crippen LogP contribution is -2.51. The molecule has 3 aromatic carbocycles. The van der Waals surface area contributed by atoms with Gasteiger partial charge in [0.25, 0.3) is 10.0 Å². The summed E-state index contributed by atoms with van der Waals surface area (Å²) in [5.41, 5.74) is 2.26. The molecule has 0 fully saturated rings. The van der Waals surface area contributed by atoms with Crippen molar-refractivity contribution in [1.29, 1.82) is 0 Å². The predicted molar refractivity (Wildman–Crippen MR) is 150 cm³/mol. The first-order valence-electron chi connectivity index (χ1n) is 12.1. The molecule has 0 radical (unpaired) electrons. The summed E-state index contributed by atoms with van der Waals surface area (Å²) in [4.78, 5) is 28.2. The molecule has 0 aliphatic rings. The Hall–Kier alpha value is -3.17. The van der Waals surface area contributed by atoms with E-state index < -0.39 is 28.5 Å². The van der Waals surface area contributed by atoms with Crippen molar-refractivity contribution < 1.29 is 18.0 Å². The molecule has 3 rings (SSSR count). The normalized spacial score (nSPS) is 12.0. The summed E-state index contributed by atoms with van der Waals surface area (Å²) in [7, 11) is -4.06. The highest BCUT2D eigenvalue weighted by Gasteiger charge is 2.32. The van der Waals surface area contributed by atoms with E-state index in [1.165, 1.54) is 17.0 Å². The molecule has 0 heterocycles. The van der Waals surface area contributed by atoms with Crippen LogP contribution in [0.4, 0.5) is 5.69 Å². The van der Waals surface area contributed by atoms with Gasteiger partial charge in [0, 0.05) is 17.6 Å². The molecule has 0 aromatic heterocycles. The topological polar surface area (TPSA) is 86.8 Å². The van der Waals surface area contributed by atoms with Gasteiger partial charge < -0.3 is 10.2 Å². The Kier molecular flexibility index (Phi) is 9.88. The van der Waals surface area contributed by atoms with Crippen molar-refractivity contribution in [2.45, 2.75) is 44.7 Å². The van der Waals surface area contributed by atoms with E-state index in [9.17, 15) is 18.0 Å². The summed E-state index contributed by atoms with van der Waals surface area (Å²) in [6, 6.07) is 21.6. The van der Waals surface area contributed by atoms with Crippen LogP contribution in [0.5, 0.6) is 0 Å². The summed E-state index contributed by atoms with van der Waals surface area (Å²) in [6.07, 6.45) is 0.761. The van der Waals surface area contributed by atoms with Gasteiger partial charge in [-0.25, -0.2) is 8.42 Å². The van der Waals surface area contributed by atoms with Gasteiger partial charge in [-0.2, -0.15) is 0 Å². The number of hydrogen-bond donors (Lipinski definition) is 1. The van der Waals surface area contributed by atoms with E-state index in [4.69, 9.17) is 0 Å². The van der Waals surface area contributed by atoms with E-state index in [-0.39, 0.29) is 17.3 Å². The predicted octanol–water partition coefficient (Wildman–Crippen LogP) is 4.90. The smallest absolute Gasteiger partial charge is 0.264 e. The molecule has 3 aromatic rings. The zero-order chi connectivity index (χ0) is 27.0. The molecule has 0 unspecified atom stereocenters. The number of nitrogens with one attached hydrogen (secondary N) is 1. The zero-order valence-electron chi connectivity index (χ0n) is 21.2. The zero-order valence-corrected chi connectivity index (χ0v) is 23.6. The first-order valence-corrected chi connectivity index (χ1v) is 14.3. The van der Waals surface area contributed by atoms with Crippen LogP contribution in [0.1, 0.15) is 31.4 Å². The van der Waals surface area contributed by atoms with Crippen molar-refractivity contribution in [3.63, 3.8) is 0 Å². The van der Waals surface area contributed by atoms with Gasteiger partial charge in [-0.3, -0.25) is 13.9 Å². The van der Waals surface area contributed by atoms with E-state index in [1.807, 2.05) is 38.1 Å². The van der Waals surface area contributed by atoms with E-state index >= 15 is 0 Å². The number of hydrogen-bond acceptors (Lipinski definition) is 4. The monoisotopic (exact) mass is 585 g/mol. The SMILES string of the molecule is CCCNC(=O)[C@H](C)N(Cc1ccc(C)cc1)C(=O)CN(c1ccc(Br)cc1)S(=O)(=O)c1ccccc1. The molecule has 0 aliphatic heterocycles. The van der Waals surface area contributed by atoms with Crippen molar-refractivity contribution in [3.8, 4) is 0 Å². The number of halogens is 1. The van der Waals surface area contributed by atoms with Gasteiger partial charge in [0.2, 0.25) is 11.8 Å². The highest BCUT2D eigenvalue weighted by molar-refractivity contribution is 9.10. The number of aryl methyl sites for hydroxylation is 1. The Morgan fingerprint density at radius 2 is 1.57 bits per heavy atom. The van der Waals surface area contributed by atoms with Crippen LogP contribution in [0.2, 0.25) is 0 Å². The van der Waals surface area contributed by atoms with Gasteiger partial charge in [-0.1, -0.05) is 70.9 Å². The number of carbonyl (C=O) groups is 2. The largest absolute Gasteiger partial charge is 0.354 e. The molecule has 9 heteroatoms. The molecule has 0 aliphatic carbocycles. The third kappa shape index (κ3) is 7.42. The number of rotatable bonds is 11. The third-order valence-corrected chi connectivity index (χ3v) is 8.23. The van der Waals surface area contributed by atoms with E-state index in [2.05, 4.69) is 21.2 Å². The molecule has 0 saturated carbocycles. The summed E-state index contributed by atoms with van der Waals surface area (Å²) in [5, 5.41) is 2.84. The fraction of sp³-hybridized carbons (Fsp3) is 0.286. The Morgan fingerprint density at radius 3 is 2.16 bits per heavy atom. The number of carbonyl (C=O) groups excluding carboxylic acids is 2. The average molecular weight is 587 g/mol. The van der Waals surface area contributed by atoms with E-state index in [0.29, 0.717) is 12.2 Å². The van der Waals surface area contributed by atoms with Gasteiger partial charge in [-0.05, 0) is 62.2 Å². The minimum atomic E-state index is -4.06. The molecule has 0 spiro atoms. The average Bonchev–Trinajstić information content (AvgIpc) is 2.90. The summed E-state index contributed by atoms with van der Waals surface area (Å²) >= 11 is 3.37. The van der Waals surface area contributed by atoms with Crippen LogP contribution in [0.3, 0.4) is 0 Å². The number of anilines is 1. The van der Waals surface area contributed by atoms with Crippen LogP contribution in [-0.2, 0) is 26.2 Å². The highest BCUT2D eigenvalue weighted by Crippen LogP contribution is 2.26. The molecule has 37 heavy (non-hydrogen) atoms. The third-order valence-electron chi connectivity index (χ3n) is 5.91. The highest BCUT2D eigenvalue weighted by atomic mass is 79.9. The van der Waals surface area contributed by atoms with Crippen molar-refractivity contribution in [1.82, 2.24) is 10.2 Å². The van der Waals surface area contributed by atoms with Crippen molar-refractivity contribution in [2.24, 2.45) is 0 Å². The van der Waals surface area contributed by atoms with Gasteiger partial charge in [0.15, 0.2) is 0 Å². The number of benzene rings is 3. The van der Waals surface area contributed by atoms with Crippen molar-refractivity contribution in [2.75, 3.05) is 17.4 Å². The Labute approximate surface area is 227 Å². The van der Waals surface area contributed by atoms with Gasteiger partial charge in [-0.15, -0.1) is 0 Å². The number of amides is 2. The van der Waals surface area contributed by atoms with Crippen molar-refractivity contribution in [3.05, 3.63) is 94.5 Å². The molecule has 0 saturated heterocycles. The molecule has 1 atom stereocenters. The van der Waals surface area contributed by atoms with Gasteiger partial charge in [0.1, 0.15) is 12.6 Å². The Balaban J connectivity index is 1.99. The molecule has 0 bridgehead atoms.